The number of nitrogens with zero attached hydrogens (tertiary/aromatic N) is 3. The first-order chi connectivity index (χ1) is 11.5. The van der Waals surface area contributed by atoms with Crippen molar-refractivity contribution in [3.63, 3.8) is 0 Å². The number of hydrogen-bond acceptors (Lipinski definition) is 4. The van der Waals surface area contributed by atoms with Crippen LogP contribution in [0.4, 0.5) is 5.69 Å². The van der Waals surface area contributed by atoms with Gasteiger partial charge < -0.3 is 15.1 Å². The summed E-state index contributed by atoms with van der Waals surface area (Å²) in [4.78, 5) is 4.90. The zero-order valence-electron chi connectivity index (χ0n) is 14.6. The Kier molecular flexibility index (Phi) is 5.00. The minimum absolute atomic E-state index is 0.132. The molecule has 5 heteroatoms. The summed E-state index contributed by atoms with van der Waals surface area (Å²) in [7, 11) is 0. The molecule has 24 heavy (non-hydrogen) atoms. The molecule has 0 amide bonds. The van der Waals surface area contributed by atoms with Crippen LogP contribution in [0.25, 0.3) is 0 Å². The van der Waals surface area contributed by atoms with E-state index in [1.54, 1.807) is 4.57 Å². The van der Waals surface area contributed by atoms with Crippen molar-refractivity contribution in [2.75, 3.05) is 37.6 Å². The highest BCUT2D eigenvalue weighted by molar-refractivity contribution is 5.51. The minimum Gasteiger partial charge on any atom is -0.494 e. The highest BCUT2D eigenvalue weighted by Gasteiger charge is 2.17. The third-order valence-corrected chi connectivity index (χ3v) is 5.02. The molecule has 1 saturated heterocycles. The van der Waals surface area contributed by atoms with Gasteiger partial charge in [-0.05, 0) is 50.1 Å². The van der Waals surface area contributed by atoms with E-state index in [0.29, 0.717) is 6.54 Å². The molecule has 5 nitrogen and oxygen atoms in total. The lowest BCUT2D eigenvalue weighted by Gasteiger charge is -2.36. The average molecular weight is 329 g/mol. The van der Waals surface area contributed by atoms with Crippen molar-refractivity contribution < 1.29 is 10.2 Å². The Balaban J connectivity index is 1.46. The monoisotopic (exact) mass is 329 g/mol. The fraction of sp³-hybridized carbons (Fsp3) is 0.474. The van der Waals surface area contributed by atoms with E-state index in [2.05, 4.69) is 41.8 Å². The zero-order chi connectivity index (χ0) is 17.1. The number of anilines is 1. The SMILES string of the molecule is Cc1ccc(N2CCN(CCCn3c(O)ccc3O)CC2)cc1C. The average Bonchev–Trinajstić information content (AvgIpc) is 2.90. The molecule has 1 aliphatic heterocycles. The quantitative estimate of drug-likeness (QED) is 0.886. The van der Waals surface area contributed by atoms with Gasteiger partial charge in [-0.2, -0.15) is 0 Å². The number of aryl methyl sites for hydroxylation is 2. The van der Waals surface area contributed by atoms with Gasteiger partial charge in [-0.1, -0.05) is 6.07 Å². The van der Waals surface area contributed by atoms with E-state index in [9.17, 15) is 10.2 Å². The minimum atomic E-state index is 0.132. The van der Waals surface area contributed by atoms with Crippen LogP contribution in [0, 0.1) is 13.8 Å². The van der Waals surface area contributed by atoms with Crippen LogP contribution in [0.3, 0.4) is 0 Å². The maximum atomic E-state index is 9.65. The van der Waals surface area contributed by atoms with Gasteiger partial charge in [0.2, 0.25) is 0 Å². The molecule has 1 aromatic heterocycles. The topological polar surface area (TPSA) is 51.9 Å². The van der Waals surface area contributed by atoms with Gasteiger partial charge in [0.25, 0.3) is 0 Å². The summed E-state index contributed by atoms with van der Waals surface area (Å²) in [6.45, 7) is 10.1. The number of aromatic nitrogens is 1. The van der Waals surface area contributed by atoms with Gasteiger partial charge in [0.05, 0.1) is 0 Å². The fourth-order valence-electron chi connectivity index (χ4n) is 3.28. The van der Waals surface area contributed by atoms with Crippen LogP contribution < -0.4 is 4.90 Å². The number of benzene rings is 1. The summed E-state index contributed by atoms with van der Waals surface area (Å²) in [5, 5.41) is 19.3. The first-order valence-electron chi connectivity index (χ1n) is 8.66. The fourth-order valence-corrected chi connectivity index (χ4v) is 3.28. The summed E-state index contributed by atoms with van der Waals surface area (Å²) in [5.41, 5.74) is 4.01. The van der Waals surface area contributed by atoms with E-state index in [4.69, 9.17) is 0 Å². The molecular formula is C19H27N3O2. The first-order valence-corrected chi connectivity index (χ1v) is 8.66. The molecule has 0 atom stereocenters. The van der Waals surface area contributed by atoms with E-state index in [-0.39, 0.29) is 11.8 Å². The molecule has 2 heterocycles. The van der Waals surface area contributed by atoms with Crippen LogP contribution in [0.2, 0.25) is 0 Å². The normalized spacial score (nSPS) is 15.8. The summed E-state index contributed by atoms with van der Waals surface area (Å²) >= 11 is 0. The van der Waals surface area contributed by atoms with Crippen LogP contribution in [0.1, 0.15) is 17.5 Å². The van der Waals surface area contributed by atoms with Crippen molar-refractivity contribution in [2.24, 2.45) is 0 Å². The van der Waals surface area contributed by atoms with E-state index < -0.39 is 0 Å². The molecule has 0 unspecified atom stereocenters. The lowest BCUT2D eigenvalue weighted by atomic mass is 10.1. The Morgan fingerprint density at radius 3 is 2.12 bits per heavy atom. The second-order valence-corrected chi connectivity index (χ2v) is 6.65. The standard InChI is InChI=1S/C19H27N3O2/c1-15-4-5-17(14-16(15)2)21-12-10-20(11-13-21)8-3-9-22-18(23)6-7-19(22)24/h4-7,14,23-24H,3,8-13H2,1-2H3. The van der Waals surface area contributed by atoms with E-state index >= 15 is 0 Å². The van der Waals surface area contributed by atoms with E-state index in [1.165, 1.54) is 28.9 Å². The van der Waals surface area contributed by atoms with Gasteiger partial charge in [0.1, 0.15) is 0 Å². The molecule has 2 aromatic rings. The smallest absolute Gasteiger partial charge is 0.193 e. The number of rotatable bonds is 5. The molecule has 2 N–H and O–H groups in total. The Hall–Kier alpha value is -2.14. The highest BCUT2D eigenvalue weighted by atomic mass is 16.3. The summed E-state index contributed by atoms with van der Waals surface area (Å²) in [6, 6.07) is 9.75. The Morgan fingerprint density at radius 2 is 1.50 bits per heavy atom. The Morgan fingerprint density at radius 1 is 0.833 bits per heavy atom. The maximum Gasteiger partial charge on any atom is 0.193 e. The summed E-state index contributed by atoms with van der Waals surface area (Å²) in [6.07, 6.45) is 0.916. The van der Waals surface area contributed by atoms with Crippen molar-refractivity contribution in [2.45, 2.75) is 26.8 Å². The predicted octanol–water partition coefficient (Wildman–Crippen LogP) is 2.73. The number of piperazine rings is 1. The van der Waals surface area contributed by atoms with Gasteiger partial charge in [0.15, 0.2) is 11.8 Å². The molecule has 0 aliphatic carbocycles. The second-order valence-electron chi connectivity index (χ2n) is 6.65. The molecule has 130 valence electrons. The van der Waals surface area contributed by atoms with E-state index in [1.807, 2.05) is 0 Å². The first kappa shape index (κ1) is 16.7. The van der Waals surface area contributed by atoms with Gasteiger partial charge in [-0.3, -0.25) is 9.47 Å². The maximum absolute atomic E-state index is 9.65. The van der Waals surface area contributed by atoms with Crippen LogP contribution >= 0.6 is 0 Å². The van der Waals surface area contributed by atoms with Gasteiger partial charge in [-0.15, -0.1) is 0 Å². The zero-order valence-corrected chi connectivity index (χ0v) is 14.6. The molecule has 3 rings (SSSR count). The molecule has 1 aliphatic rings. The largest absolute Gasteiger partial charge is 0.494 e. The Bertz CT molecular complexity index is 668. The lowest BCUT2D eigenvalue weighted by Crippen LogP contribution is -2.46. The van der Waals surface area contributed by atoms with Crippen molar-refractivity contribution in [3.05, 3.63) is 41.5 Å². The number of aromatic hydroxyl groups is 2. The molecule has 1 aromatic carbocycles. The van der Waals surface area contributed by atoms with Crippen LogP contribution in [-0.4, -0.2) is 52.4 Å². The molecule has 1 fully saturated rings. The molecular weight excluding hydrogens is 302 g/mol. The molecule has 0 bridgehead atoms. The highest BCUT2D eigenvalue weighted by Crippen LogP contribution is 2.22. The van der Waals surface area contributed by atoms with Crippen molar-refractivity contribution in [1.82, 2.24) is 9.47 Å². The predicted molar refractivity (Wildman–Crippen MR) is 96.9 cm³/mol. The van der Waals surface area contributed by atoms with Gasteiger partial charge in [0, 0.05) is 50.5 Å². The Labute approximate surface area is 143 Å². The van der Waals surface area contributed by atoms with Gasteiger partial charge in [-0.25, -0.2) is 0 Å². The molecule has 0 saturated carbocycles. The van der Waals surface area contributed by atoms with Gasteiger partial charge >= 0.3 is 0 Å². The van der Waals surface area contributed by atoms with E-state index in [0.717, 1.165) is 39.1 Å². The number of hydrogen-bond donors (Lipinski definition) is 2. The lowest BCUT2D eigenvalue weighted by molar-refractivity contribution is 0.246. The summed E-state index contributed by atoms with van der Waals surface area (Å²) < 4.78 is 1.55. The van der Waals surface area contributed by atoms with Crippen LogP contribution in [0.5, 0.6) is 11.8 Å². The second kappa shape index (κ2) is 7.18. The molecule has 0 spiro atoms. The summed E-state index contributed by atoms with van der Waals surface area (Å²) in [5.74, 6) is 0.263. The van der Waals surface area contributed by atoms with Crippen molar-refractivity contribution in [3.8, 4) is 11.8 Å². The van der Waals surface area contributed by atoms with Crippen molar-refractivity contribution in [1.29, 1.82) is 0 Å². The third-order valence-electron chi connectivity index (χ3n) is 5.02. The van der Waals surface area contributed by atoms with Crippen molar-refractivity contribution >= 4 is 5.69 Å². The molecule has 0 radical (unpaired) electrons. The van der Waals surface area contributed by atoms with Crippen LogP contribution in [-0.2, 0) is 6.54 Å². The third kappa shape index (κ3) is 3.67. The van der Waals surface area contributed by atoms with Crippen LogP contribution in [0.15, 0.2) is 30.3 Å².